The minimum absolute atomic E-state index is 0.0290. The Hall–Kier alpha value is -2.57. The number of fused-ring (bicyclic) bond motifs is 1. The van der Waals surface area contributed by atoms with Gasteiger partial charge in [0.25, 0.3) is 5.91 Å². The van der Waals surface area contributed by atoms with Crippen molar-refractivity contribution in [1.29, 1.82) is 0 Å². The summed E-state index contributed by atoms with van der Waals surface area (Å²) < 4.78 is 4.76. The Kier molecular flexibility index (Phi) is 6.78. The van der Waals surface area contributed by atoms with Crippen LogP contribution < -0.4 is 10.6 Å². The maximum atomic E-state index is 12.9. The van der Waals surface area contributed by atoms with Crippen LogP contribution in [0.3, 0.4) is 0 Å². The summed E-state index contributed by atoms with van der Waals surface area (Å²) in [7, 11) is 1.33. The molecule has 1 aromatic carbocycles. The molecule has 5 unspecified atom stereocenters. The number of carbonyl (C=O) groups excluding carboxylic acids is 3. The molecule has 2 bridgehead atoms. The molecule has 0 aromatic heterocycles. The van der Waals surface area contributed by atoms with E-state index in [9.17, 15) is 14.4 Å². The van der Waals surface area contributed by atoms with Gasteiger partial charge in [-0.1, -0.05) is 13.0 Å². The van der Waals surface area contributed by atoms with Crippen LogP contribution in [0.2, 0.25) is 0 Å². The second-order valence-corrected chi connectivity index (χ2v) is 11.4. The number of nitrogens with zero attached hydrogens (tertiary/aromatic N) is 1. The lowest BCUT2D eigenvalue weighted by Gasteiger charge is -2.47. The van der Waals surface area contributed by atoms with E-state index < -0.39 is 5.97 Å². The maximum Gasteiger partial charge on any atom is 0.337 e. The average molecular weight is 482 g/mol. The monoisotopic (exact) mass is 481 g/mol. The fraction of sp³-hybridized carbons (Fsp3) is 0.679. The number of hydrogen-bond donors (Lipinski definition) is 2. The number of methoxy groups -OCH3 is 1. The van der Waals surface area contributed by atoms with Crippen LogP contribution in [-0.2, 0) is 4.74 Å². The standard InChI is InChI=1S/C28H39N3O4/c1-3-28(15-19-11-22-14-23(16-28)24(22)12-19)30-27(34)29-17-18-7-9-31(10-8-18)25(32)20-5-4-6-21(13-20)26(33)35-2/h4-6,13,18-19,22-24H,3,7-12,14-17H2,1-2H3,(H2,29,30,34). The number of benzene rings is 1. The van der Waals surface area contributed by atoms with Crippen molar-refractivity contribution in [2.75, 3.05) is 26.7 Å². The summed E-state index contributed by atoms with van der Waals surface area (Å²) >= 11 is 0. The number of rotatable bonds is 6. The van der Waals surface area contributed by atoms with Crippen LogP contribution in [0.5, 0.6) is 0 Å². The van der Waals surface area contributed by atoms with Crippen LogP contribution in [0.15, 0.2) is 24.3 Å². The number of nitrogens with one attached hydrogen (secondary N) is 2. The molecule has 1 aliphatic heterocycles. The van der Waals surface area contributed by atoms with E-state index in [4.69, 9.17) is 4.74 Å². The minimum atomic E-state index is -0.444. The lowest BCUT2D eigenvalue weighted by molar-refractivity contribution is 0.0584. The van der Waals surface area contributed by atoms with Gasteiger partial charge in [-0.3, -0.25) is 4.79 Å². The molecule has 1 aromatic rings. The van der Waals surface area contributed by atoms with Gasteiger partial charge < -0.3 is 20.3 Å². The van der Waals surface area contributed by atoms with Crippen molar-refractivity contribution < 1.29 is 19.1 Å². The van der Waals surface area contributed by atoms with E-state index in [2.05, 4.69) is 17.6 Å². The summed E-state index contributed by atoms with van der Waals surface area (Å²) in [5.41, 5.74) is 0.837. The maximum absolute atomic E-state index is 12.9. The lowest BCUT2D eigenvalue weighted by atomic mass is 9.61. The number of piperidine rings is 1. The molecule has 3 amide bonds. The van der Waals surface area contributed by atoms with Crippen LogP contribution in [0, 0.1) is 29.6 Å². The van der Waals surface area contributed by atoms with Gasteiger partial charge in [0.15, 0.2) is 0 Å². The van der Waals surface area contributed by atoms with Gasteiger partial charge in [-0.15, -0.1) is 0 Å². The summed E-state index contributed by atoms with van der Waals surface area (Å²) in [6, 6.07) is 6.66. The largest absolute Gasteiger partial charge is 0.465 e. The van der Waals surface area contributed by atoms with Gasteiger partial charge >= 0.3 is 12.0 Å². The Morgan fingerprint density at radius 3 is 2.57 bits per heavy atom. The number of carbonyl (C=O) groups is 3. The van der Waals surface area contributed by atoms with Crippen LogP contribution in [0.4, 0.5) is 4.79 Å². The summed E-state index contributed by atoms with van der Waals surface area (Å²) in [4.78, 5) is 39.5. The fourth-order valence-corrected chi connectivity index (χ4v) is 7.45. The number of urea groups is 1. The number of ether oxygens (including phenoxy) is 1. The molecule has 190 valence electrons. The number of esters is 1. The quantitative estimate of drug-likeness (QED) is 0.595. The van der Waals surface area contributed by atoms with E-state index in [0.29, 0.717) is 36.7 Å². The van der Waals surface area contributed by atoms with Crippen LogP contribution in [-0.4, -0.2) is 55.1 Å². The molecule has 1 heterocycles. The first-order valence-electron chi connectivity index (χ1n) is 13.4. The normalized spacial score (nSPS) is 31.8. The molecule has 4 aliphatic rings. The van der Waals surface area contributed by atoms with Crippen molar-refractivity contribution >= 4 is 17.9 Å². The van der Waals surface area contributed by atoms with E-state index in [-0.39, 0.29) is 17.5 Å². The van der Waals surface area contributed by atoms with E-state index >= 15 is 0 Å². The molecule has 7 nitrogen and oxygen atoms in total. The van der Waals surface area contributed by atoms with Gasteiger partial charge in [0.05, 0.1) is 12.7 Å². The molecule has 2 N–H and O–H groups in total. The van der Waals surface area contributed by atoms with Crippen LogP contribution in [0.25, 0.3) is 0 Å². The fourth-order valence-electron chi connectivity index (χ4n) is 7.45. The molecule has 5 atom stereocenters. The third-order valence-corrected chi connectivity index (χ3v) is 9.43. The van der Waals surface area contributed by atoms with Gasteiger partial charge in [0.1, 0.15) is 0 Å². The van der Waals surface area contributed by atoms with Gasteiger partial charge in [-0.05, 0) is 99.2 Å². The highest BCUT2D eigenvalue weighted by atomic mass is 16.5. The Morgan fingerprint density at radius 1 is 1.06 bits per heavy atom. The molecule has 3 saturated carbocycles. The first-order valence-corrected chi connectivity index (χ1v) is 13.4. The van der Waals surface area contributed by atoms with E-state index in [1.165, 1.54) is 26.4 Å². The zero-order chi connectivity index (χ0) is 24.6. The van der Waals surface area contributed by atoms with Crippen molar-refractivity contribution in [3.8, 4) is 0 Å². The van der Waals surface area contributed by atoms with Crippen molar-refractivity contribution in [3.63, 3.8) is 0 Å². The zero-order valence-corrected chi connectivity index (χ0v) is 21.1. The Morgan fingerprint density at radius 2 is 1.83 bits per heavy atom. The highest BCUT2D eigenvalue weighted by molar-refractivity contribution is 5.98. The van der Waals surface area contributed by atoms with Gasteiger partial charge in [0, 0.05) is 30.7 Å². The number of amides is 3. The number of hydrogen-bond acceptors (Lipinski definition) is 4. The van der Waals surface area contributed by atoms with Crippen molar-refractivity contribution in [2.24, 2.45) is 29.6 Å². The molecular formula is C28H39N3O4. The van der Waals surface area contributed by atoms with Gasteiger partial charge in [-0.25, -0.2) is 9.59 Å². The highest BCUT2D eigenvalue weighted by Crippen LogP contribution is 2.60. The zero-order valence-electron chi connectivity index (χ0n) is 21.1. The summed E-state index contributed by atoms with van der Waals surface area (Å²) in [6.45, 7) is 4.17. The average Bonchev–Trinajstić information content (AvgIpc) is 3.13. The molecule has 5 rings (SSSR count). The van der Waals surface area contributed by atoms with Gasteiger partial charge in [0.2, 0.25) is 0 Å². The molecule has 0 radical (unpaired) electrons. The second kappa shape index (κ2) is 9.82. The summed E-state index contributed by atoms with van der Waals surface area (Å²) in [5.74, 6) is 3.35. The first-order chi connectivity index (χ1) is 16.9. The molecule has 1 saturated heterocycles. The van der Waals surface area contributed by atoms with E-state index in [1.807, 2.05) is 4.90 Å². The third-order valence-electron chi connectivity index (χ3n) is 9.43. The topological polar surface area (TPSA) is 87.7 Å². The molecule has 7 heteroatoms. The molecule has 3 aliphatic carbocycles. The summed E-state index contributed by atoms with van der Waals surface area (Å²) in [5, 5.41) is 6.56. The number of likely N-dealkylation sites (tertiary alicyclic amines) is 1. The van der Waals surface area contributed by atoms with Crippen LogP contribution >= 0.6 is 0 Å². The minimum Gasteiger partial charge on any atom is -0.465 e. The van der Waals surface area contributed by atoms with Crippen LogP contribution in [0.1, 0.15) is 79.0 Å². The lowest BCUT2D eigenvalue weighted by Crippen LogP contribution is -2.55. The predicted octanol–water partition coefficient (Wildman–Crippen LogP) is 4.23. The molecule has 0 spiro atoms. The van der Waals surface area contributed by atoms with Crippen molar-refractivity contribution in [1.82, 2.24) is 15.5 Å². The highest BCUT2D eigenvalue weighted by Gasteiger charge is 2.54. The predicted molar refractivity (Wildman–Crippen MR) is 133 cm³/mol. The smallest absolute Gasteiger partial charge is 0.337 e. The molecule has 35 heavy (non-hydrogen) atoms. The first kappa shape index (κ1) is 24.1. The third kappa shape index (κ3) is 4.91. The van der Waals surface area contributed by atoms with E-state index in [0.717, 1.165) is 55.8 Å². The summed E-state index contributed by atoms with van der Waals surface area (Å²) in [6.07, 6.45) is 9.12. The Bertz CT molecular complexity index is 967. The molecular weight excluding hydrogens is 442 g/mol. The second-order valence-electron chi connectivity index (χ2n) is 11.4. The van der Waals surface area contributed by atoms with E-state index in [1.54, 1.807) is 24.3 Å². The SMILES string of the molecule is CCC1(NC(=O)NCC2CCN(C(=O)c3cccc(C(=O)OC)c3)CC2)CC2CC3CC(C1)C3C2. The van der Waals surface area contributed by atoms with Crippen molar-refractivity contribution in [3.05, 3.63) is 35.4 Å². The van der Waals surface area contributed by atoms with Gasteiger partial charge in [-0.2, -0.15) is 0 Å². The molecule has 4 fully saturated rings. The van der Waals surface area contributed by atoms with Crippen molar-refractivity contribution in [2.45, 2.75) is 63.8 Å². The Labute approximate surface area is 208 Å². The Balaban J connectivity index is 1.09.